The molecule has 3 nitrogen and oxygen atoms in total. The molecule has 0 aliphatic carbocycles. The van der Waals surface area contributed by atoms with Crippen LogP contribution in [0.25, 0.3) is 0 Å². The van der Waals surface area contributed by atoms with E-state index >= 15 is 0 Å². The van der Waals surface area contributed by atoms with Gasteiger partial charge in [-0.15, -0.1) is 0 Å². The molecular weight excluding hydrogens is 338 g/mol. The second-order valence-electron chi connectivity index (χ2n) is 4.94. The van der Waals surface area contributed by atoms with E-state index in [9.17, 15) is 34.8 Å². The van der Waals surface area contributed by atoms with Gasteiger partial charge in [0.15, 0.2) is 6.10 Å². The van der Waals surface area contributed by atoms with Crippen molar-refractivity contribution in [2.24, 2.45) is 0 Å². The molecule has 0 heterocycles. The Morgan fingerprint density at radius 3 is 1.73 bits per heavy atom. The number of hydrogen-bond donors (Lipinski definition) is 0. The van der Waals surface area contributed by atoms with Crippen LogP contribution < -0.4 is 0 Å². The molecule has 0 fully saturated rings. The zero-order valence-electron chi connectivity index (χ0n) is 12.1. The van der Waals surface area contributed by atoms with E-state index in [1.165, 1.54) is 0 Å². The van der Waals surface area contributed by atoms with E-state index in [1.54, 1.807) is 0 Å². The van der Waals surface area contributed by atoms with E-state index in [2.05, 4.69) is 4.18 Å². The average molecular weight is 358 g/mol. The van der Waals surface area contributed by atoms with Crippen LogP contribution in [0.15, 0.2) is 0 Å². The van der Waals surface area contributed by atoms with Crippen LogP contribution >= 0.6 is 0 Å². The maximum absolute atomic E-state index is 12.6. The highest BCUT2D eigenvalue weighted by atomic mass is 32.2. The first-order valence-electron chi connectivity index (χ1n) is 6.98. The van der Waals surface area contributed by atoms with Crippen molar-refractivity contribution in [2.75, 3.05) is 0 Å². The predicted octanol–water partition coefficient (Wildman–Crippen LogP) is 4.92. The van der Waals surface area contributed by atoms with Crippen molar-refractivity contribution >= 4 is 10.1 Å². The lowest BCUT2D eigenvalue weighted by atomic mass is 10.1. The van der Waals surface area contributed by atoms with Crippen LogP contribution in [-0.4, -0.2) is 26.2 Å². The minimum absolute atomic E-state index is 0.0519. The topological polar surface area (TPSA) is 43.4 Å². The Hall–Kier alpha value is -0.510. The number of unbranched alkanes of at least 4 members (excludes halogenated alkanes) is 6. The first-order chi connectivity index (χ1) is 9.92. The van der Waals surface area contributed by atoms with E-state index in [0.29, 0.717) is 12.8 Å². The van der Waals surface area contributed by atoms with Crippen molar-refractivity contribution in [3.05, 3.63) is 0 Å². The Morgan fingerprint density at radius 1 is 0.864 bits per heavy atom. The Kier molecular flexibility index (Phi) is 8.74. The smallest absolute Gasteiger partial charge is 0.250 e. The quantitative estimate of drug-likeness (QED) is 0.241. The van der Waals surface area contributed by atoms with Crippen LogP contribution in [0, 0.1) is 0 Å². The molecule has 0 rings (SSSR count). The standard InChI is InChI=1S/C12H20F6O3S/c1-2-3-4-5-6-7-8-9-10(11(13,14)15)21-22(19,20)12(16,17)18/h10H,2-9H2,1H3. The van der Waals surface area contributed by atoms with Gasteiger partial charge < -0.3 is 0 Å². The third-order valence-electron chi connectivity index (χ3n) is 2.96. The van der Waals surface area contributed by atoms with Gasteiger partial charge in [0.05, 0.1) is 0 Å². The highest BCUT2D eigenvalue weighted by Crippen LogP contribution is 2.33. The molecule has 0 N–H and O–H groups in total. The zero-order chi connectivity index (χ0) is 17.4. The molecule has 0 aromatic carbocycles. The molecule has 0 amide bonds. The van der Waals surface area contributed by atoms with Crippen LogP contribution in [0.4, 0.5) is 26.3 Å². The summed E-state index contributed by atoms with van der Waals surface area (Å²) in [5.41, 5.74) is -5.86. The van der Waals surface area contributed by atoms with Crippen molar-refractivity contribution < 1.29 is 38.9 Å². The fraction of sp³-hybridized carbons (Fsp3) is 1.00. The summed E-state index contributed by atoms with van der Waals surface area (Å²) >= 11 is 0. The van der Waals surface area contributed by atoms with Crippen molar-refractivity contribution in [1.82, 2.24) is 0 Å². The highest BCUT2D eigenvalue weighted by Gasteiger charge is 2.53. The van der Waals surface area contributed by atoms with Gasteiger partial charge in [-0.05, 0) is 6.42 Å². The van der Waals surface area contributed by atoms with E-state index < -0.39 is 34.3 Å². The van der Waals surface area contributed by atoms with Crippen LogP contribution in [-0.2, 0) is 14.3 Å². The van der Waals surface area contributed by atoms with Crippen LogP contribution in [0.3, 0.4) is 0 Å². The molecule has 1 unspecified atom stereocenters. The summed E-state index contributed by atoms with van der Waals surface area (Å²) in [4.78, 5) is 0. The molecule has 22 heavy (non-hydrogen) atoms. The third-order valence-corrected chi connectivity index (χ3v) is 4.01. The number of alkyl halides is 6. The zero-order valence-corrected chi connectivity index (χ0v) is 13.0. The Balaban J connectivity index is 4.40. The van der Waals surface area contributed by atoms with E-state index in [1.807, 2.05) is 6.92 Å². The third kappa shape index (κ3) is 8.21. The Bertz CT molecular complexity index is 402. The van der Waals surface area contributed by atoms with Crippen LogP contribution in [0.5, 0.6) is 0 Å². The lowest BCUT2D eigenvalue weighted by molar-refractivity contribution is -0.199. The molecule has 0 aromatic rings. The first kappa shape index (κ1) is 21.5. The Morgan fingerprint density at radius 2 is 1.32 bits per heavy atom. The summed E-state index contributed by atoms with van der Waals surface area (Å²) in [5.74, 6) is 0. The SMILES string of the molecule is CCCCCCCCCC(OS(=O)(=O)C(F)(F)F)C(F)(F)F. The lowest BCUT2D eigenvalue weighted by Gasteiger charge is -2.20. The van der Waals surface area contributed by atoms with Gasteiger partial charge in [0.2, 0.25) is 0 Å². The fourth-order valence-corrected chi connectivity index (χ4v) is 2.38. The molecule has 0 aromatic heterocycles. The first-order valence-corrected chi connectivity index (χ1v) is 8.39. The minimum atomic E-state index is -6.25. The largest absolute Gasteiger partial charge is 0.523 e. The number of halogens is 6. The summed E-state index contributed by atoms with van der Waals surface area (Å²) in [6.45, 7) is 2.01. The maximum atomic E-state index is 12.6. The monoisotopic (exact) mass is 358 g/mol. The lowest BCUT2D eigenvalue weighted by Crippen LogP contribution is -2.38. The number of rotatable bonds is 10. The van der Waals surface area contributed by atoms with Crippen molar-refractivity contribution in [1.29, 1.82) is 0 Å². The van der Waals surface area contributed by atoms with Crippen LogP contribution in [0.1, 0.15) is 58.3 Å². The van der Waals surface area contributed by atoms with E-state index in [-0.39, 0.29) is 6.42 Å². The molecule has 0 saturated heterocycles. The second-order valence-corrected chi connectivity index (χ2v) is 6.50. The van der Waals surface area contributed by atoms with Gasteiger partial charge in [0, 0.05) is 0 Å². The minimum Gasteiger partial charge on any atom is -0.250 e. The molecule has 134 valence electrons. The summed E-state index contributed by atoms with van der Waals surface area (Å²) in [7, 11) is -6.25. The second kappa shape index (κ2) is 8.95. The van der Waals surface area contributed by atoms with Gasteiger partial charge in [0.25, 0.3) is 0 Å². The normalized spacial score (nSPS) is 15.0. The summed E-state index contributed by atoms with van der Waals surface area (Å²) in [5, 5.41) is 0. The van der Waals surface area contributed by atoms with Crippen molar-refractivity contribution in [2.45, 2.75) is 76.1 Å². The summed E-state index contributed by atoms with van der Waals surface area (Å²) < 4.78 is 98.5. The highest BCUT2D eigenvalue weighted by molar-refractivity contribution is 7.87. The molecule has 0 saturated carbocycles. The molecule has 0 radical (unpaired) electrons. The van der Waals surface area contributed by atoms with Gasteiger partial charge in [0.1, 0.15) is 0 Å². The fourth-order valence-electron chi connectivity index (χ4n) is 1.76. The average Bonchev–Trinajstić information content (AvgIpc) is 2.33. The molecule has 0 spiro atoms. The molecule has 0 bridgehead atoms. The molecular formula is C12H20F6O3S. The molecule has 0 aliphatic heterocycles. The van der Waals surface area contributed by atoms with Gasteiger partial charge in [-0.1, -0.05) is 51.9 Å². The van der Waals surface area contributed by atoms with Gasteiger partial charge in [-0.25, -0.2) is 0 Å². The molecule has 0 aliphatic rings. The van der Waals surface area contributed by atoms with Crippen LogP contribution in [0.2, 0.25) is 0 Å². The number of hydrogen-bond acceptors (Lipinski definition) is 3. The van der Waals surface area contributed by atoms with Crippen molar-refractivity contribution in [3.63, 3.8) is 0 Å². The predicted molar refractivity (Wildman–Crippen MR) is 68.5 cm³/mol. The summed E-state index contributed by atoms with van der Waals surface area (Å²) in [6, 6.07) is 0. The van der Waals surface area contributed by atoms with E-state index in [4.69, 9.17) is 0 Å². The Labute approximate surface area is 126 Å². The summed E-state index contributed by atoms with van der Waals surface area (Å²) in [6.07, 6.45) is -4.17. The molecule has 10 heteroatoms. The molecule has 1 atom stereocenters. The van der Waals surface area contributed by atoms with Gasteiger partial charge in [-0.3, -0.25) is 4.18 Å². The maximum Gasteiger partial charge on any atom is 0.523 e. The van der Waals surface area contributed by atoms with E-state index in [0.717, 1.165) is 25.7 Å². The van der Waals surface area contributed by atoms with Crippen molar-refractivity contribution in [3.8, 4) is 0 Å². The van der Waals surface area contributed by atoms with Gasteiger partial charge >= 0.3 is 21.8 Å². The van der Waals surface area contributed by atoms with Gasteiger partial charge in [-0.2, -0.15) is 34.8 Å².